The summed E-state index contributed by atoms with van der Waals surface area (Å²) in [6.45, 7) is 2.83. The Labute approximate surface area is 78.7 Å². The zero-order chi connectivity index (χ0) is 9.84. The summed E-state index contributed by atoms with van der Waals surface area (Å²) in [5.41, 5.74) is 5.56. The summed E-state index contributed by atoms with van der Waals surface area (Å²) >= 11 is 0. The lowest BCUT2D eigenvalue weighted by atomic mass is 10.1. The molecule has 1 amide bonds. The van der Waals surface area contributed by atoms with Crippen LogP contribution in [0.2, 0.25) is 0 Å². The van der Waals surface area contributed by atoms with Gasteiger partial charge in [0.25, 0.3) is 5.91 Å². The van der Waals surface area contributed by atoms with E-state index in [9.17, 15) is 4.79 Å². The highest BCUT2D eigenvalue weighted by Gasteiger charge is 2.26. The van der Waals surface area contributed by atoms with Gasteiger partial charge in [-0.25, -0.2) is 0 Å². The predicted molar refractivity (Wildman–Crippen MR) is 50.9 cm³/mol. The SMILES string of the molecule is C#CC(=O)N1CCN(C)CC1CN. The van der Waals surface area contributed by atoms with Crippen LogP contribution < -0.4 is 5.73 Å². The van der Waals surface area contributed by atoms with E-state index in [0.717, 1.165) is 13.1 Å². The number of piperazine rings is 1. The molecule has 1 fully saturated rings. The van der Waals surface area contributed by atoms with Crippen molar-refractivity contribution in [1.82, 2.24) is 9.80 Å². The Morgan fingerprint density at radius 3 is 2.92 bits per heavy atom. The van der Waals surface area contributed by atoms with Crippen LogP contribution in [0.4, 0.5) is 0 Å². The highest BCUT2D eigenvalue weighted by molar-refractivity contribution is 5.93. The van der Waals surface area contributed by atoms with Crippen molar-refractivity contribution in [3.05, 3.63) is 0 Å². The lowest BCUT2D eigenvalue weighted by Gasteiger charge is -2.38. The molecule has 1 unspecified atom stereocenters. The van der Waals surface area contributed by atoms with Crippen LogP contribution in [0.1, 0.15) is 0 Å². The van der Waals surface area contributed by atoms with Crippen LogP contribution in [0.3, 0.4) is 0 Å². The van der Waals surface area contributed by atoms with Crippen molar-refractivity contribution in [1.29, 1.82) is 0 Å². The Hall–Kier alpha value is -1.05. The van der Waals surface area contributed by atoms with Gasteiger partial charge < -0.3 is 15.5 Å². The molecule has 1 atom stereocenters. The summed E-state index contributed by atoms with van der Waals surface area (Å²) in [5, 5.41) is 0. The van der Waals surface area contributed by atoms with E-state index in [1.807, 2.05) is 7.05 Å². The smallest absolute Gasteiger partial charge is 0.298 e. The molecule has 4 heteroatoms. The van der Waals surface area contributed by atoms with E-state index < -0.39 is 0 Å². The summed E-state index contributed by atoms with van der Waals surface area (Å²) in [6, 6.07) is 0.0716. The van der Waals surface area contributed by atoms with Gasteiger partial charge in [0.1, 0.15) is 0 Å². The minimum Gasteiger partial charge on any atom is -0.328 e. The Bertz CT molecular complexity index is 234. The van der Waals surface area contributed by atoms with Gasteiger partial charge in [-0.3, -0.25) is 4.79 Å². The standard InChI is InChI=1S/C9H15N3O/c1-3-9(13)12-5-4-11(2)7-8(12)6-10/h1,8H,4-7,10H2,2H3. The van der Waals surface area contributed by atoms with Crippen molar-refractivity contribution in [2.75, 3.05) is 33.2 Å². The minimum atomic E-state index is -0.247. The van der Waals surface area contributed by atoms with Gasteiger partial charge in [-0.1, -0.05) is 0 Å². The van der Waals surface area contributed by atoms with Gasteiger partial charge in [-0.05, 0) is 13.0 Å². The van der Waals surface area contributed by atoms with E-state index in [1.165, 1.54) is 0 Å². The van der Waals surface area contributed by atoms with Crippen LogP contribution in [-0.2, 0) is 4.79 Å². The van der Waals surface area contributed by atoms with Crippen molar-refractivity contribution in [2.24, 2.45) is 5.73 Å². The third-order valence-corrected chi connectivity index (χ3v) is 2.34. The first kappa shape index (κ1) is 10.0. The van der Waals surface area contributed by atoms with Crippen LogP contribution in [0.5, 0.6) is 0 Å². The van der Waals surface area contributed by atoms with Gasteiger partial charge in [0.15, 0.2) is 0 Å². The number of hydrogen-bond donors (Lipinski definition) is 1. The first-order valence-electron chi connectivity index (χ1n) is 4.35. The van der Waals surface area contributed by atoms with Crippen LogP contribution in [-0.4, -0.2) is 55.0 Å². The maximum atomic E-state index is 11.3. The molecular weight excluding hydrogens is 166 g/mol. The number of likely N-dealkylation sites (N-methyl/N-ethyl adjacent to an activating group) is 1. The van der Waals surface area contributed by atoms with Gasteiger partial charge >= 0.3 is 0 Å². The second-order valence-corrected chi connectivity index (χ2v) is 3.29. The van der Waals surface area contributed by atoms with Crippen LogP contribution in [0, 0.1) is 12.3 Å². The van der Waals surface area contributed by atoms with Crippen molar-refractivity contribution in [3.63, 3.8) is 0 Å². The maximum Gasteiger partial charge on any atom is 0.298 e. The van der Waals surface area contributed by atoms with Crippen molar-refractivity contribution < 1.29 is 4.79 Å². The van der Waals surface area contributed by atoms with E-state index >= 15 is 0 Å². The van der Waals surface area contributed by atoms with Gasteiger partial charge in [-0.15, -0.1) is 6.42 Å². The molecule has 0 aromatic carbocycles. The van der Waals surface area contributed by atoms with Crippen molar-refractivity contribution >= 4 is 5.91 Å². The molecule has 2 N–H and O–H groups in total. The van der Waals surface area contributed by atoms with Crippen LogP contribution in [0.15, 0.2) is 0 Å². The lowest BCUT2D eigenvalue weighted by Crippen LogP contribution is -2.56. The zero-order valence-electron chi connectivity index (χ0n) is 7.86. The molecule has 1 saturated heterocycles. The number of amides is 1. The molecule has 72 valence electrons. The molecule has 4 nitrogen and oxygen atoms in total. The number of terminal acetylenes is 1. The number of rotatable bonds is 1. The highest BCUT2D eigenvalue weighted by Crippen LogP contribution is 2.06. The molecule has 0 aromatic rings. The number of hydrogen-bond acceptors (Lipinski definition) is 3. The van der Waals surface area contributed by atoms with Crippen LogP contribution in [0.25, 0.3) is 0 Å². The van der Waals surface area contributed by atoms with E-state index in [4.69, 9.17) is 12.2 Å². The fraction of sp³-hybridized carbons (Fsp3) is 0.667. The third kappa shape index (κ3) is 2.20. The number of carbonyl (C=O) groups excluding carboxylic acids is 1. The van der Waals surface area contributed by atoms with E-state index in [2.05, 4.69) is 10.8 Å². The van der Waals surface area contributed by atoms with Crippen LogP contribution >= 0.6 is 0 Å². The normalized spacial score (nSPS) is 24.1. The molecule has 13 heavy (non-hydrogen) atoms. The Kier molecular flexibility index (Phi) is 3.29. The minimum absolute atomic E-state index is 0.0716. The summed E-state index contributed by atoms with van der Waals surface area (Å²) in [6.07, 6.45) is 5.06. The van der Waals surface area contributed by atoms with Gasteiger partial charge in [0.05, 0.1) is 6.04 Å². The van der Waals surface area contributed by atoms with E-state index in [-0.39, 0.29) is 11.9 Å². The molecule has 0 aliphatic carbocycles. The molecule has 1 aliphatic rings. The van der Waals surface area contributed by atoms with Gasteiger partial charge in [0.2, 0.25) is 0 Å². The van der Waals surface area contributed by atoms with E-state index in [0.29, 0.717) is 13.1 Å². The maximum absolute atomic E-state index is 11.3. The molecule has 1 aliphatic heterocycles. The first-order valence-corrected chi connectivity index (χ1v) is 4.35. The van der Waals surface area contributed by atoms with E-state index in [1.54, 1.807) is 4.90 Å². The molecule has 0 saturated carbocycles. The molecule has 0 bridgehead atoms. The molecule has 0 aromatic heterocycles. The van der Waals surface area contributed by atoms with Crippen molar-refractivity contribution in [3.8, 4) is 12.3 Å². The monoisotopic (exact) mass is 181 g/mol. The predicted octanol–water partition coefficient (Wildman–Crippen LogP) is -1.28. The average molecular weight is 181 g/mol. The quantitative estimate of drug-likeness (QED) is 0.513. The first-order chi connectivity index (χ1) is 6.19. The summed E-state index contributed by atoms with van der Waals surface area (Å²) in [4.78, 5) is 15.1. The summed E-state index contributed by atoms with van der Waals surface area (Å²) in [7, 11) is 2.01. The topological polar surface area (TPSA) is 49.6 Å². The number of nitrogens with two attached hydrogens (primary N) is 1. The van der Waals surface area contributed by atoms with Crippen molar-refractivity contribution in [2.45, 2.75) is 6.04 Å². The fourth-order valence-electron chi connectivity index (χ4n) is 1.56. The zero-order valence-corrected chi connectivity index (χ0v) is 7.86. The van der Waals surface area contributed by atoms with Gasteiger partial charge in [-0.2, -0.15) is 0 Å². The molecule has 1 heterocycles. The largest absolute Gasteiger partial charge is 0.328 e. The second-order valence-electron chi connectivity index (χ2n) is 3.29. The molecule has 0 spiro atoms. The molecular formula is C9H15N3O. The molecule has 1 rings (SSSR count). The fourth-order valence-corrected chi connectivity index (χ4v) is 1.56. The summed E-state index contributed by atoms with van der Waals surface area (Å²) in [5.74, 6) is 1.88. The highest BCUT2D eigenvalue weighted by atomic mass is 16.2. The average Bonchev–Trinajstić information content (AvgIpc) is 2.16. The Balaban J connectivity index is 2.63. The molecule has 0 radical (unpaired) electrons. The van der Waals surface area contributed by atoms with Gasteiger partial charge in [0, 0.05) is 26.2 Å². The Morgan fingerprint density at radius 1 is 1.69 bits per heavy atom. The second kappa shape index (κ2) is 4.26. The number of nitrogens with zero attached hydrogens (tertiary/aromatic N) is 2. The number of carbonyl (C=O) groups is 1. The lowest BCUT2D eigenvalue weighted by molar-refractivity contribution is -0.129. The third-order valence-electron chi connectivity index (χ3n) is 2.34. The summed E-state index contributed by atoms with van der Waals surface area (Å²) < 4.78 is 0. The Morgan fingerprint density at radius 2 is 2.38 bits per heavy atom.